The average Bonchev–Trinajstić information content (AvgIpc) is 2.69. The molecule has 1 aliphatic rings. The molecule has 0 aromatic rings. The molecular formula is C16H31NO2S. The lowest BCUT2D eigenvalue weighted by atomic mass is 10.3. The van der Waals surface area contributed by atoms with Gasteiger partial charge in [-0.1, -0.05) is 53.4 Å². The highest BCUT2D eigenvalue weighted by molar-refractivity contribution is 8.00. The molecule has 1 rings (SSSR count). The van der Waals surface area contributed by atoms with Gasteiger partial charge in [0.15, 0.2) is 0 Å². The second-order valence-corrected chi connectivity index (χ2v) is 6.53. The Hall–Kier alpha value is -0.510. The number of thioether (sulfide) groups is 1. The molecule has 0 aromatic carbocycles. The zero-order valence-electron chi connectivity index (χ0n) is 13.6. The lowest BCUT2D eigenvalue weighted by Crippen LogP contribution is -2.32. The molecule has 1 heterocycles. The molecule has 3 nitrogen and oxygen atoms in total. The molecule has 1 saturated heterocycles. The normalized spacial score (nSPS) is 18.2. The van der Waals surface area contributed by atoms with Crippen molar-refractivity contribution in [1.82, 2.24) is 4.90 Å². The third kappa shape index (κ3) is 7.32. The van der Waals surface area contributed by atoms with Gasteiger partial charge in [-0.05, 0) is 18.6 Å². The van der Waals surface area contributed by atoms with Gasteiger partial charge in [-0.15, -0.1) is 11.8 Å². The van der Waals surface area contributed by atoms with E-state index in [1.807, 2.05) is 0 Å². The fraction of sp³-hybridized carbons (Fsp3) is 0.875. The van der Waals surface area contributed by atoms with Crippen molar-refractivity contribution in [2.45, 2.75) is 77.9 Å². The van der Waals surface area contributed by atoms with Crippen LogP contribution in [0.25, 0.3) is 0 Å². The SMILES string of the molecule is CCC.CCCCCSC1CC(=O)N(CCCC)C1=O. The molecule has 20 heavy (non-hydrogen) atoms. The Morgan fingerprint density at radius 2 is 1.65 bits per heavy atom. The van der Waals surface area contributed by atoms with Gasteiger partial charge in [0.25, 0.3) is 0 Å². The third-order valence-corrected chi connectivity index (χ3v) is 4.30. The van der Waals surface area contributed by atoms with E-state index in [-0.39, 0.29) is 17.1 Å². The molecule has 1 fully saturated rings. The van der Waals surface area contributed by atoms with Gasteiger partial charge in [-0.2, -0.15) is 0 Å². The molecule has 0 aliphatic carbocycles. The number of amides is 2. The number of imide groups is 1. The van der Waals surface area contributed by atoms with Crippen LogP contribution in [-0.4, -0.2) is 34.3 Å². The van der Waals surface area contributed by atoms with E-state index in [1.165, 1.54) is 24.2 Å². The summed E-state index contributed by atoms with van der Waals surface area (Å²) in [4.78, 5) is 25.1. The Morgan fingerprint density at radius 3 is 2.20 bits per heavy atom. The maximum atomic E-state index is 12.0. The summed E-state index contributed by atoms with van der Waals surface area (Å²) in [5.74, 6) is 1.07. The van der Waals surface area contributed by atoms with Crippen molar-refractivity contribution in [3.63, 3.8) is 0 Å². The minimum absolute atomic E-state index is 0.0245. The summed E-state index contributed by atoms with van der Waals surface area (Å²) in [5, 5.41) is -0.101. The first-order valence-electron chi connectivity index (χ1n) is 8.07. The number of carbonyl (C=O) groups is 2. The van der Waals surface area contributed by atoms with E-state index in [4.69, 9.17) is 0 Å². The number of hydrogen-bond donors (Lipinski definition) is 0. The third-order valence-electron chi connectivity index (χ3n) is 3.00. The van der Waals surface area contributed by atoms with Gasteiger partial charge in [0.1, 0.15) is 0 Å². The van der Waals surface area contributed by atoms with Crippen LogP contribution in [0.4, 0.5) is 0 Å². The lowest BCUT2D eigenvalue weighted by molar-refractivity contribution is -0.138. The van der Waals surface area contributed by atoms with Crippen molar-refractivity contribution < 1.29 is 9.59 Å². The molecule has 0 aromatic heterocycles. The van der Waals surface area contributed by atoms with Crippen LogP contribution >= 0.6 is 11.8 Å². The fourth-order valence-corrected chi connectivity index (χ4v) is 3.10. The van der Waals surface area contributed by atoms with Gasteiger partial charge in [0, 0.05) is 13.0 Å². The van der Waals surface area contributed by atoms with E-state index < -0.39 is 0 Å². The van der Waals surface area contributed by atoms with Crippen molar-refractivity contribution in [3.8, 4) is 0 Å². The fourth-order valence-electron chi connectivity index (χ4n) is 1.91. The van der Waals surface area contributed by atoms with Crippen molar-refractivity contribution in [2.24, 2.45) is 0 Å². The van der Waals surface area contributed by atoms with E-state index in [9.17, 15) is 9.59 Å². The molecular weight excluding hydrogens is 270 g/mol. The second-order valence-electron chi connectivity index (χ2n) is 5.21. The van der Waals surface area contributed by atoms with Crippen LogP contribution in [0.2, 0.25) is 0 Å². The summed E-state index contributed by atoms with van der Waals surface area (Å²) in [5.41, 5.74) is 0. The summed E-state index contributed by atoms with van der Waals surface area (Å²) in [6, 6.07) is 0. The van der Waals surface area contributed by atoms with E-state index in [2.05, 4.69) is 27.7 Å². The molecule has 1 unspecified atom stereocenters. The lowest BCUT2D eigenvalue weighted by Gasteiger charge is -2.13. The van der Waals surface area contributed by atoms with Gasteiger partial charge in [-0.25, -0.2) is 0 Å². The Kier molecular flexibility index (Phi) is 11.9. The van der Waals surface area contributed by atoms with Crippen LogP contribution in [0, 0.1) is 0 Å². The molecule has 1 aliphatic heterocycles. The van der Waals surface area contributed by atoms with Crippen molar-refractivity contribution in [1.29, 1.82) is 0 Å². The van der Waals surface area contributed by atoms with Gasteiger partial charge >= 0.3 is 0 Å². The predicted molar refractivity (Wildman–Crippen MR) is 88.0 cm³/mol. The van der Waals surface area contributed by atoms with Crippen molar-refractivity contribution in [2.75, 3.05) is 12.3 Å². The summed E-state index contributed by atoms with van der Waals surface area (Å²) in [6.07, 6.45) is 7.16. The molecule has 1 atom stereocenters. The number of likely N-dealkylation sites (tertiary alicyclic amines) is 1. The molecule has 0 saturated carbocycles. The predicted octanol–water partition coefficient (Wildman–Crippen LogP) is 4.25. The molecule has 118 valence electrons. The largest absolute Gasteiger partial charge is 0.282 e. The summed E-state index contributed by atoms with van der Waals surface area (Å²) in [7, 11) is 0. The molecule has 4 heteroatoms. The zero-order chi connectivity index (χ0) is 15.4. The van der Waals surface area contributed by atoms with Gasteiger partial charge < -0.3 is 0 Å². The number of unbranched alkanes of at least 4 members (excludes halogenated alkanes) is 3. The summed E-state index contributed by atoms with van der Waals surface area (Å²) >= 11 is 1.66. The first kappa shape index (κ1) is 19.5. The number of hydrogen-bond acceptors (Lipinski definition) is 3. The minimum Gasteiger partial charge on any atom is -0.282 e. The topological polar surface area (TPSA) is 37.4 Å². The number of carbonyl (C=O) groups excluding carboxylic acids is 2. The van der Waals surface area contributed by atoms with E-state index >= 15 is 0 Å². The quantitative estimate of drug-likeness (QED) is 0.497. The number of rotatable bonds is 8. The van der Waals surface area contributed by atoms with E-state index in [1.54, 1.807) is 11.8 Å². The monoisotopic (exact) mass is 301 g/mol. The molecule has 0 bridgehead atoms. The van der Waals surface area contributed by atoms with Crippen LogP contribution in [-0.2, 0) is 9.59 Å². The Bertz CT molecular complexity index is 282. The van der Waals surface area contributed by atoms with Gasteiger partial charge in [0.05, 0.1) is 5.25 Å². The van der Waals surface area contributed by atoms with Crippen LogP contribution < -0.4 is 0 Å². The van der Waals surface area contributed by atoms with E-state index in [0.29, 0.717) is 13.0 Å². The molecule has 0 spiro atoms. The first-order chi connectivity index (χ1) is 9.62. The van der Waals surface area contributed by atoms with Crippen molar-refractivity contribution in [3.05, 3.63) is 0 Å². The van der Waals surface area contributed by atoms with Gasteiger partial charge in [0.2, 0.25) is 11.8 Å². The molecule has 0 radical (unpaired) electrons. The average molecular weight is 301 g/mol. The minimum atomic E-state index is -0.101. The standard InChI is InChI=1S/C13H23NO2S.C3H8/c1-3-5-7-9-17-11-10-12(15)14(13(11)16)8-6-4-2;1-3-2/h11H,3-10H2,1-2H3;3H2,1-2H3. The number of nitrogens with zero attached hydrogens (tertiary/aromatic N) is 1. The van der Waals surface area contributed by atoms with Crippen LogP contribution in [0.3, 0.4) is 0 Å². The highest BCUT2D eigenvalue weighted by atomic mass is 32.2. The maximum Gasteiger partial charge on any atom is 0.242 e. The summed E-state index contributed by atoms with van der Waals surface area (Å²) < 4.78 is 0. The highest BCUT2D eigenvalue weighted by Crippen LogP contribution is 2.26. The zero-order valence-corrected chi connectivity index (χ0v) is 14.4. The summed E-state index contributed by atoms with van der Waals surface area (Å²) in [6.45, 7) is 9.10. The van der Waals surface area contributed by atoms with Crippen LogP contribution in [0.5, 0.6) is 0 Å². The first-order valence-corrected chi connectivity index (χ1v) is 9.12. The molecule has 2 amide bonds. The smallest absolute Gasteiger partial charge is 0.242 e. The highest BCUT2D eigenvalue weighted by Gasteiger charge is 2.37. The maximum absolute atomic E-state index is 12.0. The van der Waals surface area contributed by atoms with Crippen LogP contribution in [0.1, 0.15) is 72.6 Å². The van der Waals surface area contributed by atoms with E-state index in [0.717, 1.165) is 25.0 Å². The second kappa shape index (κ2) is 12.2. The Labute approximate surface area is 128 Å². The van der Waals surface area contributed by atoms with Gasteiger partial charge in [-0.3, -0.25) is 14.5 Å². The van der Waals surface area contributed by atoms with Crippen LogP contribution in [0.15, 0.2) is 0 Å². The Balaban J connectivity index is 0.00000110. The van der Waals surface area contributed by atoms with Crippen molar-refractivity contribution >= 4 is 23.6 Å². The Morgan fingerprint density at radius 1 is 1.05 bits per heavy atom. The molecule has 0 N–H and O–H groups in total.